The monoisotopic (exact) mass is 448 g/mol. The third-order valence-corrected chi connectivity index (χ3v) is 5.98. The number of likely N-dealkylation sites (tertiary alicyclic amines) is 1. The van der Waals surface area contributed by atoms with Crippen LogP contribution in [-0.2, 0) is 11.2 Å². The van der Waals surface area contributed by atoms with Gasteiger partial charge in [-0.1, -0.05) is 30.3 Å². The highest BCUT2D eigenvalue weighted by Gasteiger charge is 2.32. The molecule has 0 spiro atoms. The molecule has 1 saturated heterocycles. The van der Waals surface area contributed by atoms with Gasteiger partial charge in [0.05, 0.1) is 7.11 Å². The van der Waals surface area contributed by atoms with Crippen molar-refractivity contribution in [3.8, 4) is 5.75 Å². The fourth-order valence-corrected chi connectivity index (χ4v) is 4.14. The molecule has 0 saturated carbocycles. The average Bonchev–Trinajstić information content (AvgIpc) is 3.28. The van der Waals surface area contributed by atoms with E-state index in [4.69, 9.17) is 4.74 Å². The Morgan fingerprint density at radius 1 is 1.12 bits per heavy atom. The second kappa shape index (κ2) is 10.2. The number of aryl methyl sites for hydroxylation is 1. The summed E-state index contributed by atoms with van der Waals surface area (Å²) in [5.74, 6) is 1.21. The first-order chi connectivity index (χ1) is 16.0. The first-order valence-corrected chi connectivity index (χ1v) is 11.1. The van der Waals surface area contributed by atoms with E-state index in [1.54, 1.807) is 30.8 Å². The van der Waals surface area contributed by atoms with E-state index >= 15 is 0 Å². The Morgan fingerprint density at radius 3 is 2.55 bits per heavy atom. The summed E-state index contributed by atoms with van der Waals surface area (Å²) < 4.78 is 6.91. The third-order valence-electron chi connectivity index (χ3n) is 5.98. The van der Waals surface area contributed by atoms with Crippen molar-refractivity contribution in [3.63, 3.8) is 0 Å². The summed E-state index contributed by atoms with van der Waals surface area (Å²) in [5.41, 5.74) is 1.61. The molecule has 9 nitrogen and oxygen atoms in total. The Kier molecular flexibility index (Phi) is 6.97. The zero-order valence-electron chi connectivity index (χ0n) is 18.8. The number of piperidine rings is 1. The molecule has 1 N–H and O–H groups in total. The number of aromatic nitrogens is 4. The number of tetrazole rings is 1. The van der Waals surface area contributed by atoms with E-state index in [2.05, 4.69) is 20.8 Å². The Balaban J connectivity index is 1.42. The zero-order valence-corrected chi connectivity index (χ0v) is 18.8. The highest BCUT2D eigenvalue weighted by atomic mass is 16.5. The Labute approximate surface area is 192 Å². The summed E-state index contributed by atoms with van der Waals surface area (Å²) in [6.07, 6.45) is 1.85. The van der Waals surface area contributed by atoms with Crippen LogP contribution in [0.5, 0.6) is 5.75 Å². The maximum Gasteiger partial charge on any atom is 0.251 e. The van der Waals surface area contributed by atoms with E-state index in [0.29, 0.717) is 43.7 Å². The summed E-state index contributed by atoms with van der Waals surface area (Å²) >= 11 is 0. The van der Waals surface area contributed by atoms with Crippen molar-refractivity contribution in [2.45, 2.75) is 38.3 Å². The van der Waals surface area contributed by atoms with Gasteiger partial charge >= 0.3 is 0 Å². The van der Waals surface area contributed by atoms with Gasteiger partial charge in [0.25, 0.3) is 5.91 Å². The van der Waals surface area contributed by atoms with Crippen LogP contribution in [0.1, 0.15) is 40.6 Å². The normalized spacial score (nSPS) is 15.2. The second-order valence-corrected chi connectivity index (χ2v) is 8.18. The summed E-state index contributed by atoms with van der Waals surface area (Å²) in [7, 11) is 1.62. The summed E-state index contributed by atoms with van der Waals surface area (Å²) in [5, 5.41) is 14.9. The summed E-state index contributed by atoms with van der Waals surface area (Å²) in [6, 6.07) is 16.3. The van der Waals surface area contributed by atoms with Gasteiger partial charge in [-0.2, -0.15) is 0 Å². The zero-order chi connectivity index (χ0) is 23.2. The van der Waals surface area contributed by atoms with Crippen LogP contribution in [0, 0.1) is 6.92 Å². The molecule has 33 heavy (non-hydrogen) atoms. The number of carbonyl (C=O) groups excluding carboxylic acids is 2. The van der Waals surface area contributed by atoms with Crippen LogP contribution in [-0.4, -0.2) is 63.2 Å². The molecule has 2 aromatic carbocycles. The standard InChI is InChI=1S/C24H28N6O3/c1-17-26-27-28-30(17)22(16-18-7-6-10-21(15-18)33-2)24(32)29-13-11-20(12-14-29)25-23(31)19-8-4-3-5-9-19/h3-10,15,20,22H,11-14,16H2,1-2H3,(H,25,31). The molecular formula is C24H28N6O3. The molecule has 172 valence electrons. The third kappa shape index (κ3) is 5.36. The number of nitrogens with zero attached hydrogens (tertiary/aromatic N) is 5. The van der Waals surface area contributed by atoms with E-state index in [-0.39, 0.29) is 17.9 Å². The van der Waals surface area contributed by atoms with Crippen LogP contribution in [0.3, 0.4) is 0 Å². The lowest BCUT2D eigenvalue weighted by molar-refractivity contribution is -0.136. The highest BCUT2D eigenvalue weighted by Crippen LogP contribution is 2.23. The molecule has 2 amide bonds. The lowest BCUT2D eigenvalue weighted by Gasteiger charge is -2.34. The highest BCUT2D eigenvalue weighted by molar-refractivity contribution is 5.94. The van der Waals surface area contributed by atoms with E-state index in [0.717, 1.165) is 11.3 Å². The maximum atomic E-state index is 13.5. The number of rotatable bonds is 7. The van der Waals surface area contributed by atoms with Gasteiger partial charge in [0.2, 0.25) is 5.91 Å². The minimum absolute atomic E-state index is 0.0268. The molecule has 1 aromatic heterocycles. The minimum Gasteiger partial charge on any atom is -0.497 e. The van der Waals surface area contributed by atoms with Crippen LogP contribution in [0.2, 0.25) is 0 Å². The van der Waals surface area contributed by atoms with Gasteiger partial charge in [-0.25, -0.2) is 4.68 Å². The SMILES string of the molecule is COc1cccc(CC(C(=O)N2CCC(NC(=O)c3ccccc3)CC2)n2nnnc2C)c1. The van der Waals surface area contributed by atoms with E-state index in [1.807, 2.05) is 47.4 Å². The number of amides is 2. The fourth-order valence-electron chi connectivity index (χ4n) is 4.14. The molecule has 1 fully saturated rings. The predicted octanol–water partition coefficient (Wildman–Crippen LogP) is 2.19. The van der Waals surface area contributed by atoms with Gasteiger partial charge in [-0.05, 0) is 60.0 Å². The maximum absolute atomic E-state index is 13.5. The van der Waals surface area contributed by atoms with Gasteiger partial charge in [0, 0.05) is 31.1 Å². The number of ether oxygens (including phenoxy) is 1. The minimum atomic E-state index is -0.553. The van der Waals surface area contributed by atoms with Crippen molar-refractivity contribution in [2.24, 2.45) is 0 Å². The van der Waals surface area contributed by atoms with Crippen LogP contribution < -0.4 is 10.1 Å². The predicted molar refractivity (Wildman–Crippen MR) is 122 cm³/mol. The van der Waals surface area contributed by atoms with E-state index < -0.39 is 6.04 Å². The van der Waals surface area contributed by atoms with Gasteiger partial charge in [0.1, 0.15) is 17.6 Å². The average molecular weight is 449 g/mol. The van der Waals surface area contributed by atoms with E-state index in [1.165, 1.54) is 0 Å². The van der Waals surface area contributed by atoms with Crippen molar-refractivity contribution in [1.29, 1.82) is 0 Å². The number of methoxy groups -OCH3 is 1. The molecule has 0 aliphatic carbocycles. The molecule has 2 heterocycles. The Morgan fingerprint density at radius 2 is 1.88 bits per heavy atom. The Bertz CT molecular complexity index is 1090. The molecule has 4 rings (SSSR count). The molecule has 1 unspecified atom stereocenters. The van der Waals surface area contributed by atoms with E-state index in [9.17, 15) is 9.59 Å². The molecule has 3 aromatic rings. The first-order valence-electron chi connectivity index (χ1n) is 11.1. The Hall–Kier alpha value is -3.75. The molecule has 1 atom stereocenters. The number of hydrogen-bond donors (Lipinski definition) is 1. The van der Waals surface area contributed by atoms with Gasteiger partial charge < -0.3 is 15.0 Å². The summed E-state index contributed by atoms with van der Waals surface area (Å²) in [6.45, 7) is 2.92. The fraction of sp³-hybridized carbons (Fsp3) is 0.375. The van der Waals surface area contributed by atoms with Crippen molar-refractivity contribution >= 4 is 11.8 Å². The molecule has 0 radical (unpaired) electrons. The quantitative estimate of drug-likeness (QED) is 0.595. The van der Waals surface area contributed by atoms with Crippen LogP contribution >= 0.6 is 0 Å². The second-order valence-electron chi connectivity index (χ2n) is 8.18. The molecule has 1 aliphatic heterocycles. The van der Waals surface area contributed by atoms with Gasteiger partial charge in [0.15, 0.2) is 0 Å². The first kappa shape index (κ1) is 22.4. The van der Waals surface area contributed by atoms with Crippen molar-refractivity contribution in [3.05, 3.63) is 71.5 Å². The summed E-state index contributed by atoms with van der Waals surface area (Å²) in [4.78, 5) is 27.9. The van der Waals surface area contributed by atoms with Crippen molar-refractivity contribution < 1.29 is 14.3 Å². The van der Waals surface area contributed by atoms with Crippen LogP contribution in [0.25, 0.3) is 0 Å². The molecule has 0 bridgehead atoms. The lowest BCUT2D eigenvalue weighted by atomic mass is 10.0. The van der Waals surface area contributed by atoms with Crippen molar-refractivity contribution in [2.75, 3.05) is 20.2 Å². The topological polar surface area (TPSA) is 102 Å². The lowest BCUT2D eigenvalue weighted by Crippen LogP contribution is -2.48. The number of nitrogens with one attached hydrogen (secondary N) is 1. The number of carbonyl (C=O) groups is 2. The van der Waals surface area contributed by atoms with Crippen LogP contribution in [0.4, 0.5) is 0 Å². The van der Waals surface area contributed by atoms with Gasteiger partial charge in [-0.3, -0.25) is 9.59 Å². The largest absolute Gasteiger partial charge is 0.497 e. The number of benzene rings is 2. The van der Waals surface area contributed by atoms with Gasteiger partial charge in [-0.15, -0.1) is 5.10 Å². The molecule has 9 heteroatoms. The van der Waals surface area contributed by atoms with Crippen LogP contribution in [0.15, 0.2) is 54.6 Å². The molecule has 1 aliphatic rings. The smallest absolute Gasteiger partial charge is 0.251 e. The van der Waals surface area contributed by atoms with Crippen molar-refractivity contribution in [1.82, 2.24) is 30.4 Å². The number of hydrogen-bond acceptors (Lipinski definition) is 6. The molecular weight excluding hydrogens is 420 g/mol.